The number of benzene rings is 7. The van der Waals surface area contributed by atoms with Gasteiger partial charge in [0, 0.05) is 33.9 Å². The van der Waals surface area contributed by atoms with E-state index in [0.717, 1.165) is 68.5 Å². The summed E-state index contributed by atoms with van der Waals surface area (Å²) in [5, 5.41) is 2.24. The van der Waals surface area contributed by atoms with Gasteiger partial charge in [0.05, 0.1) is 27.8 Å². The second-order valence-corrected chi connectivity index (χ2v) is 13.1. The van der Waals surface area contributed by atoms with E-state index >= 15 is 0 Å². The number of ether oxygens (including phenoxy) is 1. The third-order valence-corrected chi connectivity index (χ3v) is 10.3. The van der Waals surface area contributed by atoms with Crippen LogP contribution in [-0.2, 0) is 12.4 Å². The summed E-state index contributed by atoms with van der Waals surface area (Å²) < 4.78 is 92.4. The smallest absolute Gasteiger partial charge is 0.416 e. The number of fused-ring (bicyclic) bond motifs is 9. The van der Waals surface area contributed by atoms with Gasteiger partial charge in [0.25, 0.3) is 6.71 Å². The molecule has 2 aliphatic rings. The highest BCUT2D eigenvalue weighted by atomic mass is 19.4. The van der Waals surface area contributed by atoms with Crippen LogP contribution in [0.1, 0.15) is 11.1 Å². The van der Waals surface area contributed by atoms with Crippen molar-refractivity contribution in [2.75, 3.05) is 4.90 Å². The highest BCUT2D eigenvalue weighted by Crippen LogP contribution is 2.45. The lowest BCUT2D eigenvalue weighted by Crippen LogP contribution is -2.59. The molecule has 10 rings (SSSR count). The van der Waals surface area contributed by atoms with Gasteiger partial charge in [-0.15, -0.1) is 0 Å². The molecule has 0 saturated heterocycles. The first-order valence-corrected chi connectivity index (χ1v) is 16.6. The van der Waals surface area contributed by atoms with Gasteiger partial charge in [0.1, 0.15) is 11.5 Å². The lowest BCUT2D eigenvalue weighted by molar-refractivity contribution is -0.138. The number of alkyl halides is 6. The van der Waals surface area contributed by atoms with Crippen molar-refractivity contribution in [1.82, 2.24) is 4.57 Å². The van der Waals surface area contributed by atoms with Crippen LogP contribution in [0.25, 0.3) is 38.3 Å². The van der Waals surface area contributed by atoms with Gasteiger partial charge < -0.3 is 14.2 Å². The van der Waals surface area contributed by atoms with Crippen molar-refractivity contribution in [1.29, 1.82) is 0 Å². The summed E-state index contributed by atoms with van der Waals surface area (Å²) in [5.41, 5.74) is 4.91. The van der Waals surface area contributed by atoms with E-state index in [1.165, 1.54) is 12.1 Å². The van der Waals surface area contributed by atoms with Gasteiger partial charge in [-0.25, -0.2) is 0 Å². The number of aromatic nitrogens is 1. The molecular formula is C42H23BF6N2O. The molecule has 0 atom stereocenters. The molecule has 0 unspecified atom stereocenters. The normalized spacial score (nSPS) is 13.7. The fourth-order valence-electron chi connectivity index (χ4n) is 8.10. The third kappa shape index (κ3) is 4.43. The highest BCUT2D eigenvalue weighted by molar-refractivity contribution is 7.00. The first kappa shape index (κ1) is 30.7. The van der Waals surface area contributed by atoms with Gasteiger partial charge in [-0.05, 0) is 93.9 Å². The van der Waals surface area contributed by atoms with Crippen molar-refractivity contribution >= 4 is 72.7 Å². The predicted octanol–water partition coefficient (Wildman–Crippen LogP) is 10.4. The van der Waals surface area contributed by atoms with E-state index in [4.69, 9.17) is 4.74 Å². The Balaban J connectivity index is 1.31. The second kappa shape index (κ2) is 10.7. The van der Waals surface area contributed by atoms with Gasteiger partial charge >= 0.3 is 12.4 Å². The Kier molecular flexibility index (Phi) is 6.30. The summed E-state index contributed by atoms with van der Waals surface area (Å²) in [5.74, 6) is 1.22. The van der Waals surface area contributed by atoms with Crippen LogP contribution < -0.4 is 26.0 Å². The minimum atomic E-state index is -4.69. The van der Waals surface area contributed by atoms with E-state index in [1.54, 1.807) is 4.57 Å². The van der Waals surface area contributed by atoms with Crippen molar-refractivity contribution in [2.45, 2.75) is 12.4 Å². The van der Waals surface area contributed by atoms with E-state index in [-0.39, 0.29) is 17.5 Å². The lowest BCUT2D eigenvalue weighted by atomic mass is 9.33. The zero-order valence-corrected chi connectivity index (χ0v) is 26.9. The highest BCUT2D eigenvalue weighted by Gasteiger charge is 2.43. The number of anilines is 3. The molecule has 0 N–H and O–H groups in total. The van der Waals surface area contributed by atoms with Crippen LogP contribution in [0.15, 0.2) is 140 Å². The van der Waals surface area contributed by atoms with Gasteiger partial charge in [0.2, 0.25) is 0 Å². The summed E-state index contributed by atoms with van der Waals surface area (Å²) in [6, 6.07) is 40.4. The van der Waals surface area contributed by atoms with Gasteiger partial charge in [-0.2, -0.15) is 26.3 Å². The number of nitrogens with zero attached hydrogens (tertiary/aromatic N) is 2. The number of halogens is 6. The zero-order chi connectivity index (χ0) is 35.5. The van der Waals surface area contributed by atoms with Gasteiger partial charge in [-0.3, -0.25) is 0 Å². The molecule has 0 amide bonds. The van der Waals surface area contributed by atoms with Crippen LogP contribution in [0.2, 0.25) is 0 Å². The van der Waals surface area contributed by atoms with E-state index in [0.29, 0.717) is 28.2 Å². The molecule has 52 heavy (non-hydrogen) atoms. The molecule has 0 aliphatic carbocycles. The van der Waals surface area contributed by atoms with Crippen LogP contribution >= 0.6 is 0 Å². The molecule has 252 valence electrons. The van der Waals surface area contributed by atoms with Crippen molar-refractivity contribution in [3.63, 3.8) is 0 Å². The van der Waals surface area contributed by atoms with E-state index in [1.807, 2.05) is 78.9 Å². The Bertz CT molecular complexity index is 2700. The minimum Gasteiger partial charge on any atom is -0.458 e. The summed E-state index contributed by atoms with van der Waals surface area (Å²) in [7, 11) is 0. The molecule has 0 saturated carbocycles. The molecule has 10 heteroatoms. The zero-order valence-electron chi connectivity index (χ0n) is 26.9. The Morgan fingerprint density at radius 2 is 1.12 bits per heavy atom. The van der Waals surface area contributed by atoms with E-state index in [2.05, 4.69) is 29.2 Å². The van der Waals surface area contributed by atoms with Crippen molar-refractivity contribution in [3.8, 4) is 17.2 Å². The average molecular weight is 696 g/mol. The summed E-state index contributed by atoms with van der Waals surface area (Å²) in [6.07, 6.45) is -9.38. The van der Waals surface area contributed by atoms with Crippen LogP contribution in [0.5, 0.6) is 11.5 Å². The maximum Gasteiger partial charge on any atom is 0.416 e. The van der Waals surface area contributed by atoms with E-state index < -0.39 is 23.5 Å². The summed E-state index contributed by atoms with van der Waals surface area (Å²) in [4.78, 5) is 2.14. The molecule has 3 heterocycles. The van der Waals surface area contributed by atoms with Crippen molar-refractivity contribution < 1.29 is 31.1 Å². The predicted molar refractivity (Wildman–Crippen MR) is 194 cm³/mol. The fourth-order valence-corrected chi connectivity index (χ4v) is 8.10. The largest absolute Gasteiger partial charge is 0.458 e. The average Bonchev–Trinajstić information content (AvgIpc) is 3.47. The summed E-state index contributed by atoms with van der Waals surface area (Å²) >= 11 is 0. The van der Waals surface area contributed by atoms with Crippen LogP contribution in [0.3, 0.4) is 0 Å². The maximum absolute atomic E-state index is 14.0. The van der Waals surface area contributed by atoms with Gasteiger partial charge in [0.15, 0.2) is 0 Å². The third-order valence-electron chi connectivity index (χ3n) is 10.3. The number of hydrogen-bond acceptors (Lipinski definition) is 2. The van der Waals surface area contributed by atoms with Crippen molar-refractivity contribution in [2.24, 2.45) is 0 Å². The standard InChI is InChI=1S/C42H23BF6N2O/c44-41(45,46)25-15-17-33-30(20-25)31-21-26(42(47,48)49)16-18-34(31)51(33)28-22-36-40-38(23-28)52-37-19-14-24-8-4-5-11-29(24)39(37)43(40)32-12-6-7-13-35(32)50(36)27-9-2-1-3-10-27/h1-23H. The molecule has 3 nitrogen and oxygen atoms in total. The maximum atomic E-state index is 14.0. The minimum absolute atomic E-state index is 0.0585. The number of hydrogen-bond donors (Lipinski definition) is 0. The fraction of sp³-hybridized carbons (Fsp3) is 0.0476. The molecule has 8 aromatic rings. The molecule has 1 aromatic heterocycles. The Hall–Kier alpha value is -6.16. The monoisotopic (exact) mass is 696 g/mol. The van der Waals surface area contributed by atoms with E-state index in [9.17, 15) is 26.3 Å². The molecule has 2 aliphatic heterocycles. The summed E-state index contributed by atoms with van der Waals surface area (Å²) in [6.45, 7) is -0.230. The first-order chi connectivity index (χ1) is 25.1. The number of para-hydroxylation sites is 2. The molecule has 0 bridgehead atoms. The SMILES string of the molecule is FC(F)(F)c1ccc2c(c1)c1cc(C(F)(F)F)ccc1n2-c1cc2c3c(c1)N(c1ccccc1)c1ccccc1B3c1c(ccc3ccccc13)O2. The molecule has 7 aromatic carbocycles. The van der Waals surface area contributed by atoms with Crippen LogP contribution in [0.4, 0.5) is 43.4 Å². The molecule has 0 fully saturated rings. The van der Waals surface area contributed by atoms with Crippen molar-refractivity contribution in [3.05, 3.63) is 151 Å². The van der Waals surface area contributed by atoms with Gasteiger partial charge in [-0.1, -0.05) is 66.7 Å². The first-order valence-electron chi connectivity index (χ1n) is 16.6. The Morgan fingerprint density at radius 3 is 1.81 bits per heavy atom. The Morgan fingerprint density at radius 1 is 0.481 bits per heavy atom. The molecule has 0 spiro atoms. The lowest BCUT2D eigenvalue weighted by Gasteiger charge is -2.40. The molecular weight excluding hydrogens is 673 g/mol. The molecule has 0 radical (unpaired) electrons. The van der Waals surface area contributed by atoms with Crippen LogP contribution in [0, 0.1) is 0 Å². The number of rotatable bonds is 2. The topological polar surface area (TPSA) is 17.4 Å². The second-order valence-electron chi connectivity index (χ2n) is 13.1. The Labute approximate surface area is 293 Å². The quantitative estimate of drug-likeness (QED) is 0.132. The van der Waals surface area contributed by atoms with Crippen LogP contribution in [-0.4, -0.2) is 11.3 Å².